The molecule has 9 nitrogen and oxygen atoms in total. The second-order valence-electron chi connectivity index (χ2n) is 7.34. The third-order valence-corrected chi connectivity index (χ3v) is 5.90. The number of para-hydroxylation sites is 1. The molecule has 0 bridgehead atoms. The monoisotopic (exact) mass is 523 g/mol. The first-order valence-corrected chi connectivity index (χ1v) is 11.0. The predicted octanol–water partition coefficient (Wildman–Crippen LogP) is 3.65. The standard InChI is InChI=1S/C24H18BrN3O6/c1-31-20-9-15(11-26-28-23(29)16-4-2-3-5-18(16)27-24(28)30)17(25)10-22(20)32-12-14-6-7-19-21(8-14)34-13-33-19/h2-11H,12-13H2,1H3,(H,27,30). The molecule has 172 valence electrons. The Kier molecular flexibility index (Phi) is 5.81. The summed E-state index contributed by atoms with van der Waals surface area (Å²) in [6.45, 7) is 0.495. The van der Waals surface area contributed by atoms with Crippen LogP contribution in [0, 0.1) is 0 Å². The highest BCUT2D eigenvalue weighted by atomic mass is 79.9. The van der Waals surface area contributed by atoms with Gasteiger partial charge in [0.05, 0.1) is 24.2 Å². The number of halogens is 1. The maximum absolute atomic E-state index is 12.7. The number of fused-ring (bicyclic) bond motifs is 2. The first kappa shape index (κ1) is 21.8. The first-order valence-electron chi connectivity index (χ1n) is 10.2. The molecule has 1 aromatic heterocycles. The number of nitrogens with zero attached hydrogens (tertiary/aromatic N) is 2. The maximum Gasteiger partial charge on any atom is 0.349 e. The zero-order valence-electron chi connectivity index (χ0n) is 17.9. The van der Waals surface area contributed by atoms with Crippen molar-refractivity contribution in [2.24, 2.45) is 5.10 Å². The van der Waals surface area contributed by atoms with Crippen LogP contribution in [0.5, 0.6) is 23.0 Å². The van der Waals surface area contributed by atoms with E-state index in [2.05, 4.69) is 26.0 Å². The van der Waals surface area contributed by atoms with Gasteiger partial charge in [-0.2, -0.15) is 5.10 Å². The highest BCUT2D eigenvalue weighted by Gasteiger charge is 2.15. The van der Waals surface area contributed by atoms with E-state index in [9.17, 15) is 9.59 Å². The Bertz CT molecular complexity index is 1540. The smallest absolute Gasteiger partial charge is 0.349 e. The number of rotatable bonds is 6. The van der Waals surface area contributed by atoms with Crippen LogP contribution in [0.25, 0.3) is 10.9 Å². The molecule has 0 spiro atoms. The predicted molar refractivity (Wildman–Crippen MR) is 129 cm³/mol. The van der Waals surface area contributed by atoms with Crippen LogP contribution in [0.2, 0.25) is 0 Å². The number of H-pyrrole nitrogens is 1. The van der Waals surface area contributed by atoms with Crippen molar-refractivity contribution in [3.8, 4) is 23.0 Å². The van der Waals surface area contributed by atoms with Crippen molar-refractivity contribution in [2.75, 3.05) is 13.9 Å². The van der Waals surface area contributed by atoms with Gasteiger partial charge in [0, 0.05) is 10.0 Å². The van der Waals surface area contributed by atoms with Gasteiger partial charge in [-0.05, 0) is 57.9 Å². The molecular formula is C24H18BrN3O6. The fourth-order valence-corrected chi connectivity index (χ4v) is 3.92. The summed E-state index contributed by atoms with van der Waals surface area (Å²) < 4.78 is 23.6. The molecule has 10 heteroatoms. The third kappa shape index (κ3) is 4.15. The van der Waals surface area contributed by atoms with E-state index in [1.165, 1.54) is 13.3 Å². The van der Waals surface area contributed by atoms with Crippen molar-refractivity contribution in [1.29, 1.82) is 0 Å². The Morgan fingerprint density at radius 3 is 2.76 bits per heavy atom. The van der Waals surface area contributed by atoms with Crippen LogP contribution in [0.4, 0.5) is 0 Å². The van der Waals surface area contributed by atoms with Gasteiger partial charge in [-0.1, -0.05) is 18.2 Å². The van der Waals surface area contributed by atoms with Gasteiger partial charge in [-0.3, -0.25) is 4.79 Å². The maximum atomic E-state index is 12.7. The SMILES string of the molecule is COc1cc(C=Nn2c(=O)[nH]c3ccccc3c2=O)c(Br)cc1OCc1ccc2c(c1)OCO2. The van der Waals surface area contributed by atoms with Crippen molar-refractivity contribution in [3.05, 3.63) is 91.0 Å². The molecule has 0 radical (unpaired) electrons. The van der Waals surface area contributed by atoms with Crippen LogP contribution in [0.3, 0.4) is 0 Å². The molecule has 5 rings (SSSR count). The second kappa shape index (κ2) is 9.06. The Morgan fingerprint density at radius 2 is 1.91 bits per heavy atom. The van der Waals surface area contributed by atoms with E-state index in [4.69, 9.17) is 18.9 Å². The number of hydrogen-bond acceptors (Lipinski definition) is 7. The van der Waals surface area contributed by atoms with E-state index in [1.54, 1.807) is 36.4 Å². The summed E-state index contributed by atoms with van der Waals surface area (Å²) in [5, 5.41) is 4.47. The van der Waals surface area contributed by atoms with Gasteiger partial charge in [0.1, 0.15) is 6.61 Å². The average molecular weight is 524 g/mol. The molecule has 3 aromatic carbocycles. The molecule has 34 heavy (non-hydrogen) atoms. The van der Waals surface area contributed by atoms with Gasteiger partial charge in [0.15, 0.2) is 23.0 Å². The van der Waals surface area contributed by atoms with E-state index in [1.807, 2.05) is 18.2 Å². The summed E-state index contributed by atoms with van der Waals surface area (Å²) in [5.74, 6) is 2.35. The number of aromatic amines is 1. The zero-order chi connectivity index (χ0) is 23.7. The Labute approximate surface area is 201 Å². The molecule has 1 aliphatic rings. The van der Waals surface area contributed by atoms with E-state index in [0.29, 0.717) is 43.9 Å². The van der Waals surface area contributed by atoms with Crippen LogP contribution in [0.1, 0.15) is 11.1 Å². The molecule has 2 heterocycles. The molecule has 0 atom stereocenters. The molecule has 0 aliphatic carbocycles. The summed E-state index contributed by atoms with van der Waals surface area (Å²) >= 11 is 3.49. The van der Waals surface area contributed by atoms with Gasteiger partial charge in [0.25, 0.3) is 5.56 Å². The Balaban J connectivity index is 1.41. The molecule has 4 aromatic rings. The van der Waals surface area contributed by atoms with E-state index >= 15 is 0 Å². The third-order valence-electron chi connectivity index (χ3n) is 5.21. The molecule has 0 saturated heterocycles. The molecule has 0 saturated carbocycles. The summed E-state index contributed by atoms with van der Waals surface area (Å²) in [7, 11) is 1.52. The summed E-state index contributed by atoms with van der Waals surface area (Å²) in [6, 6.07) is 15.8. The van der Waals surface area contributed by atoms with Gasteiger partial charge in [-0.25, -0.2) is 4.79 Å². The van der Waals surface area contributed by atoms with Gasteiger partial charge in [0.2, 0.25) is 6.79 Å². The summed E-state index contributed by atoms with van der Waals surface area (Å²) in [4.78, 5) is 27.7. The quantitative estimate of drug-likeness (QED) is 0.387. The second-order valence-corrected chi connectivity index (χ2v) is 8.19. The Hall–Kier alpha value is -4.05. The van der Waals surface area contributed by atoms with E-state index < -0.39 is 11.2 Å². The largest absolute Gasteiger partial charge is 0.493 e. The van der Waals surface area contributed by atoms with Crippen LogP contribution >= 0.6 is 15.9 Å². The van der Waals surface area contributed by atoms with Crippen molar-refractivity contribution < 1.29 is 18.9 Å². The highest BCUT2D eigenvalue weighted by molar-refractivity contribution is 9.10. The van der Waals surface area contributed by atoms with E-state index in [-0.39, 0.29) is 13.4 Å². The van der Waals surface area contributed by atoms with Crippen LogP contribution in [-0.2, 0) is 6.61 Å². The van der Waals surface area contributed by atoms with E-state index in [0.717, 1.165) is 10.2 Å². The molecular weight excluding hydrogens is 506 g/mol. The summed E-state index contributed by atoms with van der Waals surface area (Å²) in [5.41, 5.74) is 0.805. The first-order chi connectivity index (χ1) is 16.5. The molecule has 1 aliphatic heterocycles. The van der Waals surface area contributed by atoms with Crippen molar-refractivity contribution in [2.45, 2.75) is 6.61 Å². The lowest BCUT2D eigenvalue weighted by molar-refractivity contribution is 0.174. The fraction of sp³-hybridized carbons (Fsp3) is 0.125. The van der Waals surface area contributed by atoms with Crippen molar-refractivity contribution in [1.82, 2.24) is 9.66 Å². The topological polar surface area (TPSA) is 104 Å². The fourth-order valence-electron chi connectivity index (χ4n) is 3.49. The number of benzene rings is 3. The molecule has 0 amide bonds. The lowest BCUT2D eigenvalue weighted by Crippen LogP contribution is -2.32. The minimum absolute atomic E-state index is 0.209. The van der Waals surface area contributed by atoms with Crippen molar-refractivity contribution >= 4 is 33.0 Å². The Morgan fingerprint density at radius 1 is 1.09 bits per heavy atom. The molecule has 0 fully saturated rings. The van der Waals surface area contributed by atoms with Crippen LogP contribution in [0.15, 0.2) is 73.8 Å². The van der Waals surface area contributed by atoms with Gasteiger partial charge >= 0.3 is 5.69 Å². The van der Waals surface area contributed by atoms with Gasteiger partial charge in [-0.15, -0.1) is 4.68 Å². The lowest BCUT2D eigenvalue weighted by atomic mass is 10.2. The number of hydrogen-bond donors (Lipinski definition) is 1. The average Bonchev–Trinajstić information content (AvgIpc) is 3.31. The zero-order valence-corrected chi connectivity index (χ0v) is 19.5. The number of ether oxygens (including phenoxy) is 4. The number of aromatic nitrogens is 2. The number of methoxy groups -OCH3 is 1. The molecule has 0 unspecified atom stereocenters. The highest BCUT2D eigenvalue weighted by Crippen LogP contribution is 2.35. The normalized spacial score (nSPS) is 12.4. The number of nitrogens with one attached hydrogen (secondary N) is 1. The lowest BCUT2D eigenvalue weighted by Gasteiger charge is -2.13. The van der Waals surface area contributed by atoms with Crippen molar-refractivity contribution in [3.63, 3.8) is 0 Å². The van der Waals surface area contributed by atoms with Gasteiger partial charge < -0.3 is 23.9 Å². The summed E-state index contributed by atoms with van der Waals surface area (Å²) in [6.07, 6.45) is 1.40. The van der Waals surface area contributed by atoms with Crippen LogP contribution < -0.4 is 30.2 Å². The van der Waals surface area contributed by atoms with Crippen LogP contribution in [-0.4, -0.2) is 29.8 Å². The minimum atomic E-state index is -0.633. The minimum Gasteiger partial charge on any atom is -0.493 e. The molecule has 1 N–H and O–H groups in total.